The highest BCUT2D eigenvalue weighted by Gasteiger charge is 2.44. The monoisotopic (exact) mass is 218 g/mol. The number of hydrogen-bond donors (Lipinski definition) is 1. The van der Waals surface area contributed by atoms with Crippen molar-refractivity contribution in [2.24, 2.45) is 5.73 Å². The number of amides is 1. The van der Waals surface area contributed by atoms with Crippen LogP contribution in [0.25, 0.3) is 0 Å². The number of halogens is 1. The highest BCUT2D eigenvalue weighted by atomic mass is 35.5. The molecule has 0 aromatic heterocycles. The van der Waals surface area contributed by atoms with Gasteiger partial charge < -0.3 is 10.6 Å². The van der Waals surface area contributed by atoms with E-state index in [2.05, 4.69) is 0 Å². The molecule has 2 aliphatic rings. The first-order valence-corrected chi connectivity index (χ1v) is 5.16. The third kappa shape index (κ3) is 1.75. The van der Waals surface area contributed by atoms with Crippen LogP contribution < -0.4 is 5.73 Å². The third-order valence-corrected chi connectivity index (χ3v) is 3.85. The third-order valence-electron chi connectivity index (χ3n) is 3.85. The van der Waals surface area contributed by atoms with Gasteiger partial charge in [-0.15, -0.1) is 12.4 Å². The molecule has 3 nitrogen and oxygen atoms in total. The van der Waals surface area contributed by atoms with Crippen LogP contribution in [0.1, 0.15) is 38.5 Å². The van der Waals surface area contributed by atoms with E-state index in [4.69, 9.17) is 5.73 Å². The van der Waals surface area contributed by atoms with E-state index in [9.17, 15) is 4.79 Å². The Balaban J connectivity index is 0.000000980. The number of rotatable bonds is 0. The van der Waals surface area contributed by atoms with E-state index < -0.39 is 0 Å². The molecule has 1 spiro atoms. The van der Waals surface area contributed by atoms with Crippen molar-refractivity contribution in [3.8, 4) is 0 Å². The van der Waals surface area contributed by atoms with Gasteiger partial charge in [0.15, 0.2) is 0 Å². The van der Waals surface area contributed by atoms with Gasteiger partial charge in [0.1, 0.15) is 0 Å². The van der Waals surface area contributed by atoms with E-state index in [1.165, 1.54) is 0 Å². The summed E-state index contributed by atoms with van der Waals surface area (Å²) >= 11 is 0. The van der Waals surface area contributed by atoms with Crippen LogP contribution in [-0.4, -0.2) is 29.4 Å². The molecule has 1 saturated carbocycles. The number of likely N-dealkylation sites (tertiary alicyclic amines) is 1. The molecule has 2 fully saturated rings. The summed E-state index contributed by atoms with van der Waals surface area (Å²) in [4.78, 5) is 13.4. The standard InChI is InChI=1S/C10H18N2O.ClH/c1-12-9(13)4-7-10(12)5-2-8(11)3-6-10;/h8H,2-7,11H2,1H3;1H. The molecule has 1 heterocycles. The molecule has 0 aromatic carbocycles. The fourth-order valence-electron chi connectivity index (χ4n) is 2.70. The topological polar surface area (TPSA) is 46.3 Å². The Labute approximate surface area is 91.4 Å². The van der Waals surface area contributed by atoms with Gasteiger partial charge in [0.05, 0.1) is 0 Å². The molecule has 1 amide bonds. The van der Waals surface area contributed by atoms with Gasteiger partial charge in [-0.2, -0.15) is 0 Å². The van der Waals surface area contributed by atoms with Crippen LogP contribution in [0, 0.1) is 0 Å². The fourth-order valence-corrected chi connectivity index (χ4v) is 2.70. The van der Waals surface area contributed by atoms with Gasteiger partial charge in [-0.1, -0.05) is 0 Å². The summed E-state index contributed by atoms with van der Waals surface area (Å²) in [7, 11) is 1.95. The fraction of sp³-hybridized carbons (Fsp3) is 0.900. The summed E-state index contributed by atoms with van der Waals surface area (Å²) < 4.78 is 0. The molecule has 0 aromatic rings. The van der Waals surface area contributed by atoms with E-state index in [0.29, 0.717) is 11.9 Å². The maximum Gasteiger partial charge on any atom is 0.222 e. The van der Waals surface area contributed by atoms with Gasteiger partial charge in [0.25, 0.3) is 0 Å². The van der Waals surface area contributed by atoms with Crippen LogP contribution in [0.3, 0.4) is 0 Å². The molecule has 0 atom stereocenters. The summed E-state index contributed by atoms with van der Waals surface area (Å²) in [6.07, 6.45) is 6.17. The Bertz CT molecular complexity index is 224. The Kier molecular flexibility index (Phi) is 3.43. The molecule has 82 valence electrons. The van der Waals surface area contributed by atoms with Crippen LogP contribution in [0.15, 0.2) is 0 Å². The smallest absolute Gasteiger partial charge is 0.222 e. The highest BCUT2D eigenvalue weighted by molar-refractivity contribution is 5.85. The molecule has 1 aliphatic heterocycles. The highest BCUT2D eigenvalue weighted by Crippen LogP contribution is 2.40. The van der Waals surface area contributed by atoms with Crippen molar-refractivity contribution >= 4 is 18.3 Å². The summed E-state index contributed by atoms with van der Waals surface area (Å²) in [5, 5.41) is 0. The predicted molar refractivity (Wildman–Crippen MR) is 58.4 cm³/mol. The van der Waals surface area contributed by atoms with Crippen LogP contribution in [-0.2, 0) is 4.79 Å². The minimum absolute atomic E-state index is 0. The number of nitrogens with two attached hydrogens (primary N) is 1. The molecule has 1 saturated heterocycles. The first-order valence-electron chi connectivity index (χ1n) is 5.16. The van der Waals surface area contributed by atoms with Gasteiger partial charge >= 0.3 is 0 Å². The molecule has 4 heteroatoms. The Hall–Kier alpha value is -0.280. The number of hydrogen-bond acceptors (Lipinski definition) is 2. The lowest BCUT2D eigenvalue weighted by molar-refractivity contribution is -0.130. The molecule has 0 bridgehead atoms. The van der Waals surface area contributed by atoms with E-state index in [1.54, 1.807) is 0 Å². The largest absolute Gasteiger partial charge is 0.340 e. The Morgan fingerprint density at radius 3 is 2.36 bits per heavy atom. The van der Waals surface area contributed by atoms with Crippen LogP contribution in [0.2, 0.25) is 0 Å². The zero-order valence-corrected chi connectivity index (χ0v) is 9.48. The summed E-state index contributed by atoms with van der Waals surface area (Å²) in [5.41, 5.74) is 6.05. The van der Waals surface area contributed by atoms with Crippen molar-refractivity contribution in [3.05, 3.63) is 0 Å². The van der Waals surface area contributed by atoms with Crippen LogP contribution >= 0.6 is 12.4 Å². The number of carbonyl (C=O) groups excluding carboxylic acids is 1. The maximum atomic E-state index is 11.4. The number of carbonyl (C=O) groups is 1. The lowest BCUT2D eigenvalue weighted by Crippen LogP contribution is -2.47. The van der Waals surface area contributed by atoms with E-state index in [1.807, 2.05) is 11.9 Å². The molecule has 1 aliphatic carbocycles. The maximum absolute atomic E-state index is 11.4. The normalized spacial score (nSPS) is 37.4. The van der Waals surface area contributed by atoms with Crippen molar-refractivity contribution in [1.29, 1.82) is 0 Å². The van der Waals surface area contributed by atoms with Crippen molar-refractivity contribution in [2.75, 3.05) is 7.05 Å². The minimum Gasteiger partial charge on any atom is -0.340 e. The van der Waals surface area contributed by atoms with Crippen LogP contribution in [0.4, 0.5) is 0 Å². The van der Waals surface area contributed by atoms with Gasteiger partial charge in [-0.3, -0.25) is 4.79 Å². The zero-order chi connectivity index (χ0) is 9.47. The van der Waals surface area contributed by atoms with E-state index >= 15 is 0 Å². The molecule has 2 N–H and O–H groups in total. The van der Waals surface area contributed by atoms with Crippen molar-refractivity contribution < 1.29 is 4.79 Å². The second kappa shape index (κ2) is 4.07. The lowest BCUT2D eigenvalue weighted by atomic mass is 9.78. The Morgan fingerprint density at radius 2 is 1.93 bits per heavy atom. The van der Waals surface area contributed by atoms with Gasteiger partial charge in [0, 0.05) is 25.0 Å². The molecular formula is C10H19ClN2O. The SMILES string of the molecule is CN1C(=O)CCC12CCC(N)CC2.Cl. The van der Waals surface area contributed by atoms with Crippen molar-refractivity contribution in [2.45, 2.75) is 50.1 Å². The van der Waals surface area contributed by atoms with Gasteiger partial charge in [-0.05, 0) is 32.1 Å². The van der Waals surface area contributed by atoms with Crippen molar-refractivity contribution in [3.63, 3.8) is 0 Å². The van der Waals surface area contributed by atoms with E-state index in [-0.39, 0.29) is 17.9 Å². The average Bonchev–Trinajstić information content (AvgIpc) is 2.40. The first kappa shape index (κ1) is 11.8. The zero-order valence-electron chi connectivity index (χ0n) is 8.66. The van der Waals surface area contributed by atoms with Crippen LogP contribution in [0.5, 0.6) is 0 Å². The minimum atomic E-state index is 0. The molecule has 0 unspecified atom stereocenters. The first-order chi connectivity index (χ1) is 6.14. The summed E-state index contributed by atoms with van der Waals surface area (Å²) in [6, 6.07) is 0.370. The molecule has 2 rings (SSSR count). The summed E-state index contributed by atoms with van der Waals surface area (Å²) in [5.74, 6) is 0.315. The van der Waals surface area contributed by atoms with Gasteiger partial charge in [-0.25, -0.2) is 0 Å². The molecule has 0 radical (unpaired) electrons. The molecule has 14 heavy (non-hydrogen) atoms. The van der Waals surface area contributed by atoms with Gasteiger partial charge in [0.2, 0.25) is 5.91 Å². The summed E-state index contributed by atoms with van der Waals surface area (Å²) in [6.45, 7) is 0. The van der Waals surface area contributed by atoms with Crippen molar-refractivity contribution in [1.82, 2.24) is 4.90 Å². The van der Waals surface area contributed by atoms with E-state index in [0.717, 1.165) is 38.5 Å². The number of nitrogens with zero attached hydrogens (tertiary/aromatic N) is 1. The Morgan fingerprint density at radius 1 is 1.36 bits per heavy atom. The second-order valence-electron chi connectivity index (χ2n) is 4.51. The lowest BCUT2D eigenvalue weighted by Gasteiger charge is -2.41. The molecular weight excluding hydrogens is 200 g/mol. The second-order valence-corrected chi connectivity index (χ2v) is 4.51. The predicted octanol–water partition coefficient (Wildman–Crippen LogP) is 1.30. The average molecular weight is 219 g/mol. The quantitative estimate of drug-likeness (QED) is 0.666.